The predicted octanol–water partition coefficient (Wildman–Crippen LogP) is -1.27. The van der Waals surface area contributed by atoms with Crippen molar-refractivity contribution in [1.29, 1.82) is 0 Å². The molecule has 6 nitrogen and oxygen atoms in total. The minimum Gasteiger partial charge on any atom is -0.356 e. The summed E-state index contributed by atoms with van der Waals surface area (Å²) in [5.74, 6) is -0.548. The number of amides is 1. The van der Waals surface area contributed by atoms with Crippen molar-refractivity contribution in [3.8, 4) is 0 Å². The van der Waals surface area contributed by atoms with Crippen molar-refractivity contribution in [3.05, 3.63) is 0 Å². The van der Waals surface area contributed by atoms with E-state index in [-0.39, 0.29) is 37.6 Å². The van der Waals surface area contributed by atoms with Gasteiger partial charge in [0, 0.05) is 19.5 Å². The molecule has 13 heavy (non-hydrogen) atoms. The summed E-state index contributed by atoms with van der Waals surface area (Å²) in [6.07, 6.45) is 0.432. The largest absolute Gasteiger partial charge is 0.356 e. The molecule has 0 rings (SSSR count). The Kier molecular flexibility index (Phi) is 5.60. The molecule has 0 aromatic rings. The van der Waals surface area contributed by atoms with Gasteiger partial charge in [0.15, 0.2) is 0 Å². The molecule has 0 saturated heterocycles. The first-order valence-corrected chi connectivity index (χ1v) is 5.48. The van der Waals surface area contributed by atoms with Crippen LogP contribution in [0.15, 0.2) is 0 Å². The zero-order valence-corrected chi connectivity index (χ0v) is 8.01. The second-order valence-corrected chi connectivity index (χ2v) is 4.10. The predicted molar refractivity (Wildman–Crippen MR) is 47.7 cm³/mol. The minimum absolute atomic E-state index is 0.204. The van der Waals surface area contributed by atoms with E-state index in [9.17, 15) is 13.2 Å². The molecule has 0 atom stereocenters. The van der Waals surface area contributed by atoms with Gasteiger partial charge in [-0.15, -0.1) is 0 Å². The first-order chi connectivity index (χ1) is 5.95. The quantitative estimate of drug-likeness (QED) is 0.374. The summed E-state index contributed by atoms with van der Waals surface area (Å²) in [6.45, 7) is 0.503. The fourth-order valence-corrected chi connectivity index (χ4v) is 1.21. The summed E-state index contributed by atoms with van der Waals surface area (Å²) >= 11 is 0. The van der Waals surface area contributed by atoms with E-state index in [1.807, 2.05) is 0 Å². The lowest BCUT2D eigenvalue weighted by atomic mass is 10.4. The molecule has 0 aliphatic carbocycles. The molecule has 1 amide bonds. The Hall–Kier alpha value is -0.660. The molecule has 0 spiro atoms. The molecule has 78 valence electrons. The van der Waals surface area contributed by atoms with E-state index < -0.39 is 10.1 Å². The lowest BCUT2D eigenvalue weighted by Gasteiger charge is -2.02. The zero-order chi connectivity index (χ0) is 10.3. The molecule has 7 heteroatoms. The Labute approximate surface area is 77.2 Å². The Bertz CT molecular complexity index is 249. The average molecular weight is 210 g/mol. The maximum absolute atomic E-state index is 10.8. The second-order valence-electron chi connectivity index (χ2n) is 2.53. The van der Waals surface area contributed by atoms with Gasteiger partial charge in [-0.05, 0) is 6.42 Å². The summed E-state index contributed by atoms with van der Waals surface area (Å²) in [4.78, 5) is 10.8. The van der Waals surface area contributed by atoms with Crippen molar-refractivity contribution in [2.24, 2.45) is 5.73 Å². The van der Waals surface area contributed by atoms with E-state index in [4.69, 9.17) is 10.3 Å². The third kappa shape index (κ3) is 9.25. The molecular weight excluding hydrogens is 196 g/mol. The van der Waals surface area contributed by atoms with E-state index in [0.717, 1.165) is 0 Å². The molecule has 4 N–H and O–H groups in total. The van der Waals surface area contributed by atoms with E-state index >= 15 is 0 Å². The van der Waals surface area contributed by atoms with Crippen molar-refractivity contribution < 1.29 is 17.8 Å². The van der Waals surface area contributed by atoms with Gasteiger partial charge in [0.1, 0.15) is 0 Å². The molecule has 0 aliphatic heterocycles. The first kappa shape index (κ1) is 12.3. The van der Waals surface area contributed by atoms with Crippen LogP contribution in [0.25, 0.3) is 0 Å². The third-order valence-electron chi connectivity index (χ3n) is 1.27. The molecule has 0 aliphatic rings. The van der Waals surface area contributed by atoms with Crippen LogP contribution >= 0.6 is 0 Å². The summed E-state index contributed by atoms with van der Waals surface area (Å²) in [5.41, 5.74) is 5.11. The van der Waals surface area contributed by atoms with E-state index in [1.54, 1.807) is 0 Å². The summed E-state index contributed by atoms with van der Waals surface area (Å²) in [7, 11) is -3.91. The number of carbonyl (C=O) groups is 1. The summed E-state index contributed by atoms with van der Waals surface area (Å²) in [6, 6.07) is 0. The number of nitrogens with one attached hydrogen (secondary N) is 1. The molecule has 0 aromatic carbocycles. The van der Waals surface area contributed by atoms with E-state index in [1.165, 1.54) is 0 Å². The van der Waals surface area contributed by atoms with Crippen LogP contribution in [0.2, 0.25) is 0 Å². The Balaban J connectivity index is 3.41. The highest BCUT2D eigenvalue weighted by atomic mass is 32.2. The van der Waals surface area contributed by atoms with Gasteiger partial charge >= 0.3 is 0 Å². The molecule has 0 radical (unpaired) electrons. The molecule has 0 heterocycles. The second kappa shape index (κ2) is 5.90. The fraction of sp³-hybridized carbons (Fsp3) is 0.833. The van der Waals surface area contributed by atoms with Gasteiger partial charge in [-0.2, -0.15) is 8.42 Å². The van der Waals surface area contributed by atoms with Gasteiger partial charge in [-0.25, -0.2) is 0 Å². The Morgan fingerprint density at radius 1 is 1.46 bits per heavy atom. The zero-order valence-electron chi connectivity index (χ0n) is 7.19. The third-order valence-corrected chi connectivity index (χ3v) is 2.08. The normalized spacial score (nSPS) is 11.2. The average Bonchev–Trinajstić information content (AvgIpc) is 1.97. The molecule has 0 saturated carbocycles. The van der Waals surface area contributed by atoms with E-state index in [0.29, 0.717) is 0 Å². The molecule has 0 bridgehead atoms. The summed E-state index contributed by atoms with van der Waals surface area (Å²) in [5, 5.41) is 2.46. The monoisotopic (exact) mass is 210 g/mol. The maximum atomic E-state index is 10.8. The van der Waals surface area contributed by atoms with Crippen LogP contribution in [0.1, 0.15) is 12.8 Å². The van der Waals surface area contributed by atoms with Gasteiger partial charge in [0.25, 0.3) is 10.1 Å². The number of hydrogen-bond acceptors (Lipinski definition) is 4. The molecule has 0 fully saturated rings. The van der Waals surface area contributed by atoms with Crippen LogP contribution in [-0.2, 0) is 14.9 Å². The van der Waals surface area contributed by atoms with Crippen molar-refractivity contribution in [1.82, 2.24) is 5.32 Å². The van der Waals surface area contributed by atoms with Crippen molar-refractivity contribution in [3.63, 3.8) is 0 Å². The van der Waals surface area contributed by atoms with Crippen molar-refractivity contribution >= 4 is 16.0 Å². The lowest BCUT2D eigenvalue weighted by Crippen LogP contribution is -2.27. The smallest absolute Gasteiger partial charge is 0.264 e. The highest BCUT2D eigenvalue weighted by molar-refractivity contribution is 7.85. The van der Waals surface area contributed by atoms with Crippen molar-refractivity contribution in [2.45, 2.75) is 12.8 Å². The van der Waals surface area contributed by atoms with Crippen LogP contribution in [0, 0.1) is 0 Å². The molecule has 0 aromatic heterocycles. The number of rotatable bonds is 6. The van der Waals surface area contributed by atoms with Gasteiger partial charge in [0.05, 0.1) is 5.75 Å². The number of nitrogens with two attached hydrogens (primary N) is 1. The van der Waals surface area contributed by atoms with Gasteiger partial charge in [-0.3, -0.25) is 9.35 Å². The van der Waals surface area contributed by atoms with Gasteiger partial charge < -0.3 is 11.1 Å². The maximum Gasteiger partial charge on any atom is 0.264 e. The Morgan fingerprint density at radius 2 is 2.08 bits per heavy atom. The van der Waals surface area contributed by atoms with Gasteiger partial charge in [0.2, 0.25) is 5.91 Å². The highest BCUT2D eigenvalue weighted by Crippen LogP contribution is 1.86. The van der Waals surface area contributed by atoms with Crippen molar-refractivity contribution in [2.75, 3.05) is 18.8 Å². The van der Waals surface area contributed by atoms with Crippen LogP contribution in [0.5, 0.6) is 0 Å². The topological polar surface area (TPSA) is 109 Å². The SMILES string of the molecule is NCCC(=O)NCCCS(=O)(=O)O. The van der Waals surface area contributed by atoms with Crippen LogP contribution in [-0.4, -0.2) is 37.7 Å². The molecular formula is C6H14N2O4S. The van der Waals surface area contributed by atoms with E-state index in [2.05, 4.69) is 5.32 Å². The first-order valence-electron chi connectivity index (χ1n) is 3.87. The molecule has 0 unspecified atom stereocenters. The number of carbonyl (C=O) groups excluding carboxylic acids is 1. The standard InChI is InChI=1S/C6H14N2O4S/c7-3-2-6(9)8-4-1-5-13(10,11)12/h1-5,7H2,(H,8,9)(H,10,11,12). The van der Waals surface area contributed by atoms with Crippen LogP contribution < -0.4 is 11.1 Å². The van der Waals surface area contributed by atoms with Gasteiger partial charge in [-0.1, -0.05) is 0 Å². The Morgan fingerprint density at radius 3 is 2.54 bits per heavy atom. The number of hydrogen-bond donors (Lipinski definition) is 3. The highest BCUT2D eigenvalue weighted by Gasteiger charge is 2.04. The minimum atomic E-state index is -3.91. The lowest BCUT2D eigenvalue weighted by molar-refractivity contribution is -0.120. The fourth-order valence-electron chi connectivity index (χ4n) is 0.702. The van der Waals surface area contributed by atoms with Crippen LogP contribution in [0.4, 0.5) is 0 Å². The van der Waals surface area contributed by atoms with Crippen LogP contribution in [0.3, 0.4) is 0 Å². The summed E-state index contributed by atoms with van der Waals surface area (Å²) < 4.78 is 28.8.